The van der Waals surface area contributed by atoms with Crippen molar-refractivity contribution < 1.29 is 9.90 Å². The van der Waals surface area contributed by atoms with Crippen LogP contribution in [0, 0.1) is 16.7 Å². The molecular formula is C10H17ClO2. The molecule has 0 aromatic rings. The first kappa shape index (κ1) is 10.8. The van der Waals surface area contributed by atoms with Crippen molar-refractivity contribution in [1.29, 1.82) is 0 Å². The van der Waals surface area contributed by atoms with E-state index in [1.54, 1.807) is 0 Å². The Balaban J connectivity index is 0.000000845. The van der Waals surface area contributed by atoms with Gasteiger partial charge in [0.15, 0.2) is 0 Å². The van der Waals surface area contributed by atoms with E-state index in [-0.39, 0.29) is 29.2 Å². The van der Waals surface area contributed by atoms with E-state index in [1.807, 2.05) is 0 Å². The van der Waals surface area contributed by atoms with Crippen LogP contribution in [-0.2, 0) is 4.79 Å². The molecule has 2 aliphatic carbocycles. The van der Waals surface area contributed by atoms with Gasteiger partial charge in [-0.1, -0.05) is 26.7 Å². The first-order valence-electron chi connectivity index (χ1n) is 4.75. The summed E-state index contributed by atoms with van der Waals surface area (Å²) in [5, 5.41) is 9.01. The molecule has 0 saturated heterocycles. The minimum absolute atomic E-state index is 0. The second-order valence-electron chi connectivity index (χ2n) is 4.86. The van der Waals surface area contributed by atoms with Gasteiger partial charge in [0.25, 0.3) is 0 Å². The third-order valence-corrected chi connectivity index (χ3v) is 4.22. The lowest BCUT2D eigenvalue weighted by Crippen LogP contribution is -2.06. The summed E-state index contributed by atoms with van der Waals surface area (Å²) in [7, 11) is 0. The Bertz CT molecular complexity index is 229. The lowest BCUT2D eigenvalue weighted by molar-refractivity contribution is -0.140. The summed E-state index contributed by atoms with van der Waals surface area (Å²) in [4.78, 5) is 10.9. The quantitative estimate of drug-likeness (QED) is 0.713. The average Bonchev–Trinajstić information content (AvgIpc) is 2.32. The molecular weight excluding hydrogens is 188 g/mol. The Hall–Kier alpha value is -0.240. The molecule has 3 heteroatoms. The van der Waals surface area contributed by atoms with Crippen LogP contribution >= 0.6 is 12.4 Å². The van der Waals surface area contributed by atoms with Gasteiger partial charge in [0.2, 0.25) is 0 Å². The van der Waals surface area contributed by atoms with Crippen LogP contribution in [0.15, 0.2) is 0 Å². The predicted octanol–water partition coefficient (Wildman–Crippen LogP) is 2.71. The lowest BCUT2D eigenvalue weighted by Gasteiger charge is -2.09. The van der Waals surface area contributed by atoms with Crippen molar-refractivity contribution >= 4 is 18.4 Å². The lowest BCUT2D eigenvalue weighted by atomic mass is 9.94. The number of halogens is 1. The molecule has 1 spiro atoms. The number of rotatable bonds is 1. The molecule has 1 atom stereocenters. The van der Waals surface area contributed by atoms with Crippen molar-refractivity contribution in [2.45, 2.75) is 39.5 Å². The number of carboxylic acid groups (broad SMARTS) is 1. The fourth-order valence-electron chi connectivity index (χ4n) is 3.43. The molecule has 0 aromatic carbocycles. The maximum Gasteiger partial charge on any atom is 0.307 e. The molecule has 0 bridgehead atoms. The second kappa shape index (κ2) is 2.88. The molecule has 2 aliphatic rings. The Morgan fingerprint density at radius 3 is 2.08 bits per heavy atom. The summed E-state index contributed by atoms with van der Waals surface area (Å²) < 4.78 is 0. The van der Waals surface area contributed by atoms with E-state index in [4.69, 9.17) is 5.11 Å². The maximum absolute atomic E-state index is 10.9. The van der Waals surface area contributed by atoms with Crippen LogP contribution in [0.3, 0.4) is 0 Å². The molecule has 2 fully saturated rings. The van der Waals surface area contributed by atoms with Gasteiger partial charge in [-0.15, -0.1) is 12.4 Å². The minimum atomic E-state index is -0.582. The highest BCUT2D eigenvalue weighted by molar-refractivity contribution is 5.85. The highest BCUT2D eigenvalue weighted by atomic mass is 35.5. The summed E-state index contributed by atoms with van der Waals surface area (Å²) in [6, 6.07) is 0. The van der Waals surface area contributed by atoms with Crippen LogP contribution in [0.1, 0.15) is 39.5 Å². The Labute approximate surface area is 85.1 Å². The highest BCUT2D eigenvalue weighted by Gasteiger charge is 2.74. The zero-order valence-corrected chi connectivity index (χ0v) is 8.99. The third-order valence-electron chi connectivity index (χ3n) is 4.22. The molecule has 0 aliphatic heterocycles. The molecule has 0 aromatic heterocycles. The zero-order chi connectivity index (χ0) is 8.98. The van der Waals surface area contributed by atoms with Gasteiger partial charge < -0.3 is 5.11 Å². The molecule has 2 saturated carbocycles. The van der Waals surface area contributed by atoms with E-state index in [2.05, 4.69) is 13.8 Å². The smallest absolute Gasteiger partial charge is 0.307 e. The van der Waals surface area contributed by atoms with Crippen LogP contribution in [0.5, 0.6) is 0 Å². The van der Waals surface area contributed by atoms with Gasteiger partial charge in [-0.3, -0.25) is 4.79 Å². The van der Waals surface area contributed by atoms with Crippen LogP contribution < -0.4 is 0 Å². The van der Waals surface area contributed by atoms with Gasteiger partial charge in [0.05, 0.1) is 5.92 Å². The first-order chi connectivity index (χ1) is 5.52. The molecule has 13 heavy (non-hydrogen) atoms. The molecule has 76 valence electrons. The molecule has 1 unspecified atom stereocenters. The van der Waals surface area contributed by atoms with E-state index in [0.717, 1.165) is 12.8 Å². The van der Waals surface area contributed by atoms with E-state index < -0.39 is 5.97 Å². The summed E-state index contributed by atoms with van der Waals surface area (Å²) >= 11 is 0. The normalized spacial score (nSPS) is 32.6. The van der Waals surface area contributed by atoms with Crippen LogP contribution in [0.2, 0.25) is 0 Å². The summed E-state index contributed by atoms with van der Waals surface area (Å²) in [5.74, 6) is -0.644. The minimum Gasteiger partial charge on any atom is -0.481 e. The zero-order valence-electron chi connectivity index (χ0n) is 8.17. The number of aliphatic carboxylic acids is 1. The van der Waals surface area contributed by atoms with Gasteiger partial charge in [0, 0.05) is 0 Å². The van der Waals surface area contributed by atoms with Gasteiger partial charge in [-0.05, 0) is 23.7 Å². The van der Waals surface area contributed by atoms with E-state index >= 15 is 0 Å². The summed E-state index contributed by atoms with van der Waals surface area (Å²) in [6.07, 6.45) is 4.73. The SMILES string of the molecule is CC1(C)C(C(=O)O)C12CCCC2.Cl. The largest absolute Gasteiger partial charge is 0.481 e. The molecule has 0 radical (unpaired) electrons. The van der Waals surface area contributed by atoms with Crippen molar-refractivity contribution in [3.63, 3.8) is 0 Å². The van der Waals surface area contributed by atoms with Crippen molar-refractivity contribution in [2.24, 2.45) is 16.7 Å². The molecule has 1 N–H and O–H groups in total. The van der Waals surface area contributed by atoms with Crippen molar-refractivity contribution in [3.05, 3.63) is 0 Å². The summed E-state index contributed by atoms with van der Waals surface area (Å²) in [5.41, 5.74) is 0.244. The topological polar surface area (TPSA) is 37.3 Å². The Kier molecular flexibility index (Phi) is 2.40. The van der Waals surface area contributed by atoms with E-state index in [0.29, 0.717) is 0 Å². The average molecular weight is 205 g/mol. The number of hydrogen-bond donors (Lipinski definition) is 1. The van der Waals surface area contributed by atoms with E-state index in [9.17, 15) is 4.79 Å². The van der Waals surface area contributed by atoms with Gasteiger partial charge in [-0.25, -0.2) is 0 Å². The second-order valence-corrected chi connectivity index (χ2v) is 4.86. The summed E-state index contributed by atoms with van der Waals surface area (Å²) in [6.45, 7) is 4.22. The molecule has 2 nitrogen and oxygen atoms in total. The molecule has 2 rings (SSSR count). The van der Waals surface area contributed by atoms with Gasteiger partial charge in [0.1, 0.15) is 0 Å². The van der Waals surface area contributed by atoms with Crippen molar-refractivity contribution in [2.75, 3.05) is 0 Å². The first-order valence-corrected chi connectivity index (χ1v) is 4.75. The standard InChI is InChI=1S/C10H16O2.ClH/c1-9(2)7(8(11)12)10(9)5-3-4-6-10;/h7H,3-6H2,1-2H3,(H,11,12);1H. The van der Waals surface area contributed by atoms with E-state index in [1.165, 1.54) is 12.8 Å². The van der Waals surface area contributed by atoms with Crippen molar-refractivity contribution in [3.8, 4) is 0 Å². The fraction of sp³-hybridized carbons (Fsp3) is 0.900. The van der Waals surface area contributed by atoms with Crippen molar-refractivity contribution in [1.82, 2.24) is 0 Å². The van der Waals surface area contributed by atoms with Crippen LogP contribution in [0.25, 0.3) is 0 Å². The Morgan fingerprint density at radius 1 is 1.31 bits per heavy atom. The van der Waals surface area contributed by atoms with Gasteiger partial charge in [-0.2, -0.15) is 0 Å². The number of carboxylic acids is 1. The third kappa shape index (κ3) is 1.11. The van der Waals surface area contributed by atoms with Gasteiger partial charge >= 0.3 is 5.97 Å². The number of carbonyl (C=O) groups is 1. The van der Waals surface area contributed by atoms with Crippen LogP contribution in [0.4, 0.5) is 0 Å². The molecule has 0 heterocycles. The monoisotopic (exact) mass is 204 g/mol. The van der Waals surface area contributed by atoms with Crippen LogP contribution in [-0.4, -0.2) is 11.1 Å². The maximum atomic E-state index is 10.9. The fourth-order valence-corrected chi connectivity index (χ4v) is 3.43. The molecule has 0 amide bonds. The Morgan fingerprint density at radius 2 is 1.77 bits per heavy atom. The number of hydrogen-bond acceptors (Lipinski definition) is 1. The highest BCUT2D eigenvalue weighted by Crippen LogP contribution is 2.75. The predicted molar refractivity (Wildman–Crippen MR) is 53.1 cm³/mol.